The summed E-state index contributed by atoms with van der Waals surface area (Å²) in [5, 5.41) is 9.77. The van der Waals surface area contributed by atoms with Crippen LogP contribution < -0.4 is 11.1 Å². The summed E-state index contributed by atoms with van der Waals surface area (Å²) in [6.07, 6.45) is 0. The third-order valence-corrected chi connectivity index (χ3v) is 1.93. The molecule has 1 rings (SSSR count). The van der Waals surface area contributed by atoms with E-state index in [1.54, 1.807) is 0 Å². The molecule has 12 heavy (non-hydrogen) atoms. The summed E-state index contributed by atoms with van der Waals surface area (Å²) in [5.41, 5.74) is 5.68. The average molecular weight is 281 g/mol. The van der Waals surface area contributed by atoms with Crippen molar-refractivity contribution in [2.24, 2.45) is 0 Å². The third kappa shape index (κ3) is 1.65. The van der Waals surface area contributed by atoms with Gasteiger partial charge in [-0.2, -0.15) is 2.90 Å². The molecular formula is C5H8IN5O. The van der Waals surface area contributed by atoms with E-state index in [4.69, 9.17) is 5.73 Å². The fraction of sp³-hybridized carbons (Fsp3) is 0.400. The predicted molar refractivity (Wildman–Crippen MR) is 51.9 cm³/mol. The van der Waals surface area contributed by atoms with Gasteiger partial charge in [0.1, 0.15) is 0 Å². The summed E-state index contributed by atoms with van der Waals surface area (Å²) in [6.45, 7) is 2.37. The molecule has 0 radical (unpaired) electrons. The van der Waals surface area contributed by atoms with Crippen LogP contribution in [0.25, 0.3) is 0 Å². The summed E-state index contributed by atoms with van der Waals surface area (Å²) in [5.74, 6) is -0.0283. The zero-order valence-corrected chi connectivity index (χ0v) is 8.57. The van der Waals surface area contributed by atoms with Crippen molar-refractivity contribution in [3.05, 3.63) is 5.69 Å². The van der Waals surface area contributed by atoms with Crippen molar-refractivity contribution in [2.75, 3.05) is 12.3 Å². The van der Waals surface area contributed by atoms with E-state index in [1.807, 2.05) is 29.8 Å². The molecule has 3 N–H and O–H groups in total. The predicted octanol–water partition coefficient (Wildman–Crippen LogP) is -0.192. The number of carbonyl (C=O) groups is 1. The molecule has 6 nitrogen and oxygen atoms in total. The van der Waals surface area contributed by atoms with Crippen molar-refractivity contribution in [1.82, 2.24) is 18.5 Å². The highest BCUT2D eigenvalue weighted by Crippen LogP contribution is 2.09. The number of nitrogens with two attached hydrogens (primary N) is 1. The molecule has 0 spiro atoms. The Morgan fingerprint density at radius 3 is 2.92 bits per heavy atom. The molecule has 0 atom stereocenters. The van der Waals surface area contributed by atoms with Gasteiger partial charge in [0, 0.05) is 6.54 Å². The van der Waals surface area contributed by atoms with E-state index in [1.165, 1.54) is 2.90 Å². The van der Waals surface area contributed by atoms with Gasteiger partial charge in [-0.15, -0.1) is 5.10 Å². The van der Waals surface area contributed by atoms with Crippen LogP contribution in [0, 0.1) is 0 Å². The van der Waals surface area contributed by atoms with Gasteiger partial charge in [0.25, 0.3) is 5.91 Å². The van der Waals surface area contributed by atoms with Gasteiger partial charge in [-0.25, -0.2) is 0 Å². The number of nitrogens with one attached hydrogen (secondary N) is 1. The van der Waals surface area contributed by atoms with Gasteiger partial charge in [-0.1, -0.05) is 5.21 Å². The van der Waals surface area contributed by atoms with Crippen molar-refractivity contribution in [1.29, 1.82) is 0 Å². The molecule has 0 saturated carbocycles. The van der Waals surface area contributed by atoms with Crippen LogP contribution in [0.1, 0.15) is 17.4 Å². The number of nitrogen functional groups attached to an aromatic ring is 1. The zero-order valence-electron chi connectivity index (χ0n) is 6.41. The Kier molecular flexibility index (Phi) is 2.84. The number of anilines is 1. The number of halogens is 1. The number of amides is 1. The normalized spacial score (nSPS) is 9.83. The van der Waals surface area contributed by atoms with Crippen molar-refractivity contribution in [3.8, 4) is 0 Å². The first-order chi connectivity index (χ1) is 5.66. The van der Waals surface area contributed by atoms with Gasteiger partial charge in [-0.3, -0.25) is 4.79 Å². The smallest absolute Gasteiger partial charge is 0.275 e. The lowest BCUT2D eigenvalue weighted by Gasteiger charge is -1.97. The SMILES string of the molecule is CCNC(=O)c1nnn(I)c1N. The maximum Gasteiger partial charge on any atom is 0.275 e. The summed E-state index contributed by atoms with van der Waals surface area (Å²) in [6, 6.07) is 0. The van der Waals surface area contributed by atoms with Crippen LogP contribution in [0.5, 0.6) is 0 Å². The second-order valence-corrected chi connectivity index (χ2v) is 2.96. The van der Waals surface area contributed by atoms with Crippen LogP contribution in [-0.2, 0) is 0 Å². The van der Waals surface area contributed by atoms with E-state index >= 15 is 0 Å². The van der Waals surface area contributed by atoms with Crippen molar-refractivity contribution < 1.29 is 4.79 Å². The Labute approximate surface area is 83.0 Å². The van der Waals surface area contributed by atoms with Gasteiger partial charge in [0.05, 0.1) is 22.9 Å². The molecule has 0 aliphatic heterocycles. The van der Waals surface area contributed by atoms with Gasteiger partial charge in [0.15, 0.2) is 11.5 Å². The summed E-state index contributed by atoms with van der Waals surface area (Å²) >= 11 is 1.84. The minimum Gasteiger partial charge on any atom is -0.381 e. The van der Waals surface area contributed by atoms with E-state index in [-0.39, 0.29) is 17.4 Å². The maximum absolute atomic E-state index is 11.2. The van der Waals surface area contributed by atoms with Gasteiger partial charge >= 0.3 is 0 Å². The number of hydrogen-bond donors (Lipinski definition) is 2. The van der Waals surface area contributed by atoms with Crippen LogP contribution in [0.2, 0.25) is 0 Å². The molecule has 0 bridgehead atoms. The first-order valence-electron chi connectivity index (χ1n) is 3.32. The standard InChI is InChI=1S/C5H8IN5O/c1-2-8-5(12)3-4(7)11(6)10-9-3/h2,7H2,1H3,(H,8,12). The summed E-state index contributed by atoms with van der Waals surface area (Å²) < 4.78 is 1.32. The highest BCUT2D eigenvalue weighted by molar-refractivity contribution is 14.1. The molecule has 1 heterocycles. The minimum atomic E-state index is -0.294. The second kappa shape index (κ2) is 3.70. The Morgan fingerprint density at radius 2 is 2.50 bits per heavy atom. The fourth-order valence-corrected chi connectivity index (χ4v) is 1.00. The average Bonchev–Trinajstić information content (AvgIpc) is 2.34. The second-order valence-electron chi connectivity index (χ2n) is 2.04. The number of rotatable bonds is 2. The quantitative estimate of drug-likeness (QED) is 0.736. The van der Waals surface area contributed by atoms with Crippen molar-refractivity contribution >= 4 is 34.6 Å². The first kappa shape index (κ1) is 9.23. The molecule has 1 aromatic rings. The molecular weight excluding hydrogens is 273 g/mol. The van der Waals surface area contributed by atoms with E-state index in [2.05, 4.69) is 15.6 Å². The molecule has 1 aromatic heterocycles. The van der Waals surface area contributed by atoms with Crippen molar-refractivity contribution in [3.63, 3.8) is 0 Å². The van der Waals surface area contributed by atoms with E-state index in [0.717, 1.165) is 0 Å². The molecule has 0 saturated heterocycles. The topological polar surface area (TPSA) is 85.8 Å². The highest BCUT2D eigenvalue weighted by Gasteiger charge is 2.14. The number of carbonyl (C=O) groups excluding carboxylic acids is 1. The highest BCUT2D eigenvalue weighted by atomic mass is 127. The molecule has 0 aliphatic carbocycles. The Balaban J connectivity index is 2.88. The molecule has 7 heteroatoms. The van der Waals surface area contributed by atoms with Crippen LogP contribution in [0.4, 0.5) is 5.82 Å². The lowest BCUT2D eigenvalue weighted by Crippen LogP contribution is -2.24. The van der Waals surface area contributed by atoms with Gasteiger partial charge < -0.3 is 11.1 Å². The van der Waals surface area contributed by atoms with Gasteiger partial charge in [-0.05, 0) is 6.92 Å². The number of nitrogens with zero attached hydrogens (tertiary/aromatic N) is 3. The van der Waals surface area contributed by atoms with Gasteiger partial charge in [0.2, 0.25) is 0 Å². The lowest BCUT2D eigenvalue weighted by atomic mass is 10.4. The fourth-order valence-electron chi connectivity index (χ4n) is 0.677. The minimum absolute atomic E-state index is 0.172. The third-order valence-electron chi connectivity index (χ3n) is 1.22. The number of aromatic nitrogens is 3. The maximum atomic E-state index is 11.2. The van der Waals surface area contributed by atoms with Crippen LogP contribution in [0.3, 0.4) is 0 Å². The van der Waals surface area contributed by atoms with E-state index in [9.17, 15) is 4.79 Å². The largest absolute Gasteiger partial charge is 0.381 e. The molecule has 1 amide bonds. The zero-order chi connectivity index (χ0) is 9.14. The van der Waals surface area contributed by atoms with Crippen LogP contribution >= 0.6 is 22.9 Å². The Bertz CT molecular complexity index is 296. The molecule has 0 aliphatic rings. The van der Waals surface area contributed by atoms with Crippen LogP contribution in [0.15, 0.2) is 0 Å². The van der Waals surface area contributed by atoms with Crippen LogP contribution in [-0.4, -0.2) is 25.7 Å². The van der Waals surface area contributed by atoms with Crippen molar-refractivity contribution in [2.45, 2.75) is 6.92 Å². The van der Waals surface area contributed by atoms with E-state index < -0.39 is 0 Å². The van der Waals surface area contributed by atoms with E-state index in [0.29, 0.717) is 6.54 Å². The molecule has 0 unspecified atom stereocenters. The Hall–Kier alpha value is -0.860. The first-order valence-corrected chi connectivity index (χ1v) is 4.28. The summed E-state index contributed by atoms with van der Waals surface area (Å²) in [4.78, 5) is 11.2. The molecule has 0 fully saturated rings. The Morgan fingerprint density at radius 1 is 1.83 bits per heavy atom. The molecule has 0 aromatic carbocycles. The number of hydrogen-bond acceptors (Lipinski definition) is 4. The monoisotopic (exact) mass is 281 g/mol. The summed E-state index contributed by atoms with van der Waals surface area (Å²) in [7, 11) is 0. The lowest BCUT2D eigenvalue weighted by molar-refractivity contribution is 0.0951. The molecule has 66 valence electrons.